The van der Waals surface area contributed by atoms with Gasteiger partial charge in [0, 0.05) is 32.2 Å². The largest absolute Gasteiger partial charge is 0.376 e. The maximum absolute atomic E-state index is 12.6. The Hall–Kier alpha value is -1.63. The molecule has 3 N–H and O–H groups in total. The predicted molar refractivity (Wildman–Crippen MR) is 118 cm³/mol. The number of fused-ring (bicyclic) bond motifs is 1. The van der Waals surface area contributed by atoms with Crippen molar-refractivity contribution in [3.63, 3.8) is 0 Å². The van der Waals surface area contributed by atoms with Crippen LogP contribution >= 0.6 is 12.4 Å². The maximum Gasteiger partial charge on any atom is 0.237 e. The van der Waals surface area contributed by atoms with E-state index in [1.54, 1.807) is 0 Å². The summed E-state index contributed by atoms with van der Waals surface area (Å²) in [5.41, 5.74) is 2.55. The Kier molecular flexibility index (Phi) is 8.54. The van der Waals surface area contributed by atoms with Gasteiger partial charge in [0.25, 0.3) is 0 Å². The highest BCUT2D eigenvalue weighted by atomic mass is 35.5. The molecular formula is C23H34ClN3O3. The van der Waals surface area contributed by atoms with Gasteiger partial charge in [0.2, 0.25) is 11.8 Å². The lowest BCUT2D eigenvalue weighted by molar-refractivity contribution is -0.127. The highest BCUT2D eigenvalue weighted by molar-refractivity contribution is 5.85. The number of carbonyl (C=O) groups excluding carboxylic acids is 2. The molecule has 2 fully saturated rings. The third-order valence-corrected chi connectivity index (χ3v) is 6.71. The first kappa shape index (κ1) is 23.0. The van der Waals surface area contributed by atoms with E-state index in [0.717, 1.165) is 58.1 Å². The van der Waals surface area contributed by atoms with E-state index in [0.29, 0.717) is 19.0 Å². The average molecular weight is 436 g/mol. The van der Waals surface area contributed by atoms with Crippen molar-refractivity contribution in [1.29, 1.82) is 0 Å². The first-order chi connectivity index (χ1) is 14.2. The number of carbonyl (C=O) groups is 2. The molecular weight excluding hydrogens is 402 g/mol. The van der Waals surface area contributed by atoms with Crippen LogP contribution in [0, 0.1) is 11.8 Å². The molecule has 1 saturated carbocycles. The van der Waals surface area contributed by atoms with Crippen molar-refractivity contribution in [3.8, 4) is 0 Å². The van der Waals surface area contributed by atoms with Crippen LogP contribution in [-0.2, 0) is 27.3 Å². The van der Waals surface area contributed by atoms with Crippen molar-refractivity contribution >= 4 is 24.2 Å². The SMILES string of the molecule is Cl.O=C(NCC1CCCO1)C1CCC(CNC(=O)C2Cc3ccccc3CN2)CC1. The second-order valence-electron chi connectivity index (χ2n) is 8.75. The van der Waals surface area contributed by atoms with Crippen LogP contribution in [0.1, 0.15) is 49.7 Å². The van der Waals surface area contributed by atoms with Gasteiger partial charge in [0.1, 0.15) is 0 Å². The Bertz CT molecular complexity index is 715. The molecule has 7 heteroatoms. The van der Waals surface area contributed by atoms with Gasteiger partial charge in [0.05, 0.1) is 12.1 Å². The number of benzene rings is 1. The second-order valence-corrected chi connectivity index (χ2v) is 8.75. The van der Waals surface area contributed by atoms with Crippen molar-refractivity contribution < 1.29 is 14.3 Å². The van der Waals surface area contributed by atoms with E-state index < -0.39 is 0 Å². The highest BCUT2D eigenvalue weighted by Crippen LogP contribution is 2.28. The highest BCUT2D eigenvalue weighted by Gasteiger charge is 2.29. The number of nitrogens with one attached hydrogen (secondary N) is 3. The zero-order valence-electron chi connectivity index (χ0n) is 17.5. The zero-order valence-corrected chi connectivity index (χ0v) is 18.3. The van der Waals surface area contributed by atoms with Gasteiger partial charge >= 0.3 is 0 Å². The molecule has 0 spiro atoms. The van der Waals surface area contributed by atoms with Crippen molar-refractivity contribution in [1.82, 2.24) is 16.0 Å². The van der Waals surface area contributed by atoms with Gasteiger partial charge in [-0.25, -0.2) is 0 Å². The molecule has 0 bridgehead atoms. The summed E-state index contributed by atoms with van der Waals surface area (Å²) in [6.45, 7) is 2.93. The van der Waals surface area contributed by atoms with E-state index in [9.17, 15) is 9.59 Å². The summed E-state index contributed by atoms with van der Waals surface area (Å²) in [5.74, 6) is 0.848. The van der Waals surface area contributed by atoms with E-state index in [2.05, 4.69) is 28.1 Å². The van der Waals surface area contributed by atoms with Gasteiger partial charge in [-0.05, 0) is 62.0 Å². The molecule has 4 rings (SSSR count). The van der Waals surface area contributed by atoms with Crippen molar-refractivity contribution in [3.05, 3.63) is 35.4 Å². The van der Waals surface area contributed by atoms with Crippen molar-refractivity contribution in [2.75, 3.05) is 19.7 Å². The van der Waals surface area contributed by atoms with Crippen LogP contribution in [0.15, 0.2) is 24.3 Å². The molecule has 2 heterocycles. The summed E-state index contributed by atoms with van der Waals surface area (Å²) in [5, 5.41) is 9.56. The lowest BCUT2D eigenvalue weighted by Crippen LogP contribution is -2.48. The van der Waals surface area contributed by atoms with Crippen LogP contribution < -0.4 is 16.0 Å². The molecule has 2 amide bonds. The Morgan fingerprint density at radius 1 is 0.967 bits per heavy atom. The van der Waals surface area contributed by atoms with E-state index in [-0.39, 0.29) is 42.3 Å². The third-order valence-electron chi connectivity index (χ3n) is 6.71. The van der Waals surface area contributed by atoms with Gasteiger partial charge < -0.3 is 20.7 Å². The van der Waals surface area contributed by atoms with Crippen LogP contribution in [0.3, 0.4) is 0 Å². The van der Waals surface area contributed by atoms with E-state index in [1.807, 2.05) is 12.1 Å². The molecule has 6 nitrogen and oxygen atoms in total. The fraction of sp³-hybridized carbons (Fsp3) is 0.652. The quantitative estimate of drug-likeness (QED) is 0.640. The summed E-state index contributed by atoms with van der Waals surface area (Å²) in [4.78, 5) is 25.0. The molecule has 2 aliphatic heterocycles. The fourth-order valence-electron chi connectivity index (χ4n) is 4.80. The smallest absolute Gasteiger partial charge is 0.237 e. The summed E-state index contributed by atoms with van der Waals surface area (Å²) in [6, 6.07) is 8.16. The van der Waals surface area contributed by atoms with Crippen LogP contribution in [0.2, 0.25) is 0 Å². The minimum absolute atomic E-state index is 0. The molecule has 2 unspecified atom stereocenters. The van der Waals surface area contributed by atoms with Gasteiger partial charge in [0.15, 0.2) is 0 Å². The topological polar surface area (TPSA) is 79.5 Å². The maximum atomic E-state index is 12.6. The number of halogens is 1. The number of rotatable bonds is 6. The second kappa shape index (κ2) is 11.1. The summed E-state index contributed by atoms with van der Waals surface area (Å²) in [6.07, 6.45) is 6.91. The number of amides is 2. The minimum Gasteiger partial charge on any atom is -0.376 e. The molecule has 1 saturated heterocycles. The first-order valence-corrected chi connectivity index (χ1v) is 11.2. The Morgan fingerprint density at radius 3 is 2.43 bits per heavy atom. The van der Waals surface area contributed by atoms with Crippen LogP contribution in [-0.4, -0.2) is 43.7 Å². The van der Waals surface area contributed by atoms with Crippen LogP contribution in [0.5, 0.6) is 0 Å². The molecule has 1 aromatic rings. The molecule has 3 aliphatic rings. The Balaban J connectivity index is 0.00000256. The Labute approximate surface area is 185 Å². The fourth-order valence-corrected chi connectivity index (χ4v) is 4.80. The monoisotopic (exact) mass is 435 g/mol. The Morgan fingerprint density at radius 2 is 1.70 bits per heavy atom. The van der Waals surface area contributed by atoms with E-state index in [4.69, 9.17) is 4.74 Å². The van der Waals surface area contributed by atoms with Crippen molar-refractivity contribution in [2.24, 2.45) is 11.8 Å². The number of hydrogen-bond acceptors (Lipinski definition) is 4. The lowest BCUT2D eigenvalue weighted by Gasteiger charge is -2.29. The summed E-state index contributed by atoms with van der Waals surface area (Å²) in [7, 11) is 0. The normalized spacial score (nSPS) is 28.1. The van der Waals surface area contributed by atoms with Gasteiger partial charge in [-0.1, -0.05) is 24.3 Å². The van der Waals surface area contributed by atoms with Gasteiger partial charge in [-0.3, -0.25) is 9.59 Å². The molecule has 2 atom stereocenters. The standard InChI is InChI=1S/C23H33N3O3.ClH/c27-22(26-15-20-6-3-11-29-20)17-9-7-16(8-10-17)13-25-23(28)21-12-18-4-1-2-5-19(18)14-24-21;/h1-2,4-5,16-17,20-21,24H,3,6-15H2,(H,25,28)(H,26,27);1H. The minimum atomic E-state index is -0.148. The molecule has 30 heavy (non-hydrogen) atoms. The third kappa shape index (κ3) is 5.96. The van der Waals surface area contributed by atoms with Gasteiger partial charge in [-0.15, -0.1) is 12.4 Å². The van der Waals surface area contributed by atoms with Crippen LogP contribution in [0.4, 0.5) is 0 Å². The molecule has 0 radical (unpaired) electrons. The molecule has 1 aliphatic carbocycles. The molecule has 166 valence electrons. The van der Waals surface area contributed by atoms with Gasteiger partial charge in [-0.2, -0.15) is 0 Å². The summed E-state index contributed by atoms with van der Waals surface area (Å²) >= 11 is 0. The predicted octanol–water partition coefficient (Wildman–Crippen LogP) is 2.34. The molecule has 1 aromatic carbocycles. The van der Waals surface area contributed by atoms with Crippen molar-refractivity contribution in [2.45, 2.75) is 63.6 Å². The van der Waals surface area contributed by atoms with Crippen LogP contribution in [0.25, 0.3) is 0 Å². The lowest BCUT2D eigenvalue weighted by atomic mass is 9.81. The average Bonchev–Trinajstić information content (AvgIpc) is 3.29. The first-order valence-electron chi connectivity index (χ1n) is 11.2. The number of hydrogen-bond donors (Lipinski definition) is 3. The van der Waals surface area contributed by atoms with E-state index >= 15 is 0 Å². The zero-order chi connectivity index (χ0) is 20.1. The van der Waals surface area contributed by atoms with E-state index in [1.165, 1.54) is 11.1 Å². The number of ether oxygens (including phenoxy) is 1. The molecule has 0 aromatic heterocycles. The summed E-state index contributed by atoms with van der Waals surface area (Å²) < 4.78 is 5.57.